The van der Waals surface area contributed by atoms with Crippen LogP contribution in [-0.4, -0.2) is 14.2 Å². The maximum absolute atomic E-state index is 10.9. The molecule has 0 fully saturated rings. The summed E-state index contributed by atoms with van der Waals surface area (Å²) in [6.45, 7) is 0. The van der Waals surface area contributed by atoms with Gasteiger partial charge in [-0.3, -0.25) is 3.97 Å². The maximum atomic E-state index is 10.9. The van der Waals surface area contributed by atoms with Crippen LogP contribution in [0.25, 0.3) is 0 Å². The second-order valence-electron chi connectivity index (χ2n) is 2.95. The Morgan fingerprint density at radius 2 is 1.86 bits per heavy atom. The number of benzene rings is 1. The largest absolute Gasteiger partial charge is 0.269 e. The maximum Gasteiger partial charge on any atom is 0.269 e. The van der Waals surface area contributed by atoms with Crippen molar-refractivity contribution in [2.45, 2.75) is 12.8 Å². The van der Waals surface area contributed by atoms with Crippen LogP contribution in [0.3, 0.4) is 0 Å². The standard InChI is InChI=1S/C9H13O3PS/c10-14(11,12-13)8-4-7-9-5-2-1-3-6-9/h1-3,5-6H,4,7-8,13H2. The molecule has 0 heterocycles. The van der Waals surface area contributed by atoms with E-state index in [-0.39, 0.29) is 5.75 Å². The van der Waals surface area contributed by atoms with Gasteiger partial charge in [0.05, 0.1) is 5.75 Å². The van der Waals surface area contributed by atoms with Gasteiger partial charge >= 0.3 is 0 Å². The summed E-state index contributed by atoms with van der Waals surface area (Å²) in [5.41, 5.74) is 1.14. The first kappa shape index (κ1) is 11.6. The van der Waals surface area contributed by atoms with E-state index in [9.17, 15) is 8.42 Å². The minimum Gasteiger partial charge on any atom is -0.254 e. The van der Waals surface area contributed by atoms with E-state index in [0.29, 0.717) is 6.42 Å². The van der Waals surface area contributed by atoms with E-state index in [1.165, 1.54) is 0 Å². The highest BCUT2D eigenvalue weighted by Crippen LogP contribution is 2.06. The molecule has 0 aromatic heterocycles. The van der Waals surface area contributed by atoms with Crippen LogP contribution in [0.1, 0.15) is 12.0 Å². The molecule has 78 valence electrons. The smallest absolute Gasteiger partial charge is 0.254 e. The molecule has 1 aromatic carbocycles. The van der Waals surface area contributed by atoms with Gasteiger partial charge in [-0.15, -0.1) is 0 Å². The molecule has 0 radical (unpaired) electrons. The Balaban J connectivity index is 2.37. The third-order valence-corrected chi connectivity index (χ3v) is 3.81. The molecule has 14 heavy (non-hydrogen) atoms. The fourth-order valence-corrected chi connectivity index (χ4v) is 2.03. The Hall–Kier alpha value is -0.440. The van der Waals surface area contributed by atoms with Gasteiger partial charge in [-0.05, 0) is 18.4 Å². The van der Waals surface area contributed by atoms with Crippen molar-refractivity contribution in [3.63, 3.8) is 0 Å². The average Bonchev–Trinajstić information content (AvgIpc) is 2.19. The van der Waals surface area contributed by atoms with Crippen molar-refractivity contribution in [2.75, 3.05) is 5.75 Å². The average molecular weight is 232 g/mol. The highest BCUT2D eigenvalue weighted by atomic mass is 32.2. The lowest BCUT2D eigenvalue weighted by molar-refractivity contribution is 0.515. The van der Waals surface area contributed by atoms with Gasteiger partial charge in [0.15, 0.2) is 0 Å². The molecule has 0 spiro atoms. The van der Waals surface area contributed by atoms with Crippen LogP contribution < -0.4 is 0 Å². The lowest BCUT2D eigenvalue weighted by atomic mass is 10.1. The van der Waals surface area contributed by atoms with Gasteiger partial charge in [0.2, 0.25) is 0 Å². The van der Waals surface area contributed by atoms with Gasteiger partial charge in [0.1, 0.15) is 0 Å². The van der Waals surface area contributed by atoms with Gasteiger partial charge < -0.3 is 0 Å². The van der Waals surface area contributed by atoms with Gasteiger partial charge in [0.25, 0.3) is 10.1 Å². The second-order valence-corrected chi connectivity index (χ2v) is 5.24. The fraction of sp³-hybridized carbons (Fsp3) is 0.333. The number of hydrogen-bond donors (Lipinski definition) is 0. The van der Waals surface area contributed by atoms with Crippen LogP contribution in [0.2, 0.25) is 0 Å². The van der Waals surface area contributed by atoms with E-state index < -0.39 is 10.1 Å². The van der Waals surface area contributed by atoms with Crippen molar-refractivity contribution in [3.8, 4) is 0 Å². The summed E-state index contributed by atoms with van der Waals surface area (Å²) in [5, 5.41) is 0. The first-order valence-electron chi connectivity index (χ1n) is 4.29. The van der Waals surface area contributed by atoms with Crippen molar-refractivity contribution in [1.82, 2.24) is 0 Å². The van der Waals surface area contributed by atoms with Gasteiger partial charge in [-0.1, -0.05) is 30.3 Å². The normalized spacial score (nSPS) is 11.5. The third-order valence-electron chi connectivity index (χ3n) is 1.85. The molecule has 0 N–H and O–H groups in total. The summed E-state index contributed by atoms with van der Waals surface area (Å²) < 4.78 is 26.2. The lowest BCUT2D eigenvalue weighted by Gasteiger charge is -2.01. The first-order valence-corrected chi connectivity index (χ1v) is 6.34. The quantitative estimate of drug-likeness (QED) is 0.726. The van der Waals surface area contributed by atoms with Crippen LogP contribution in [-0.2, 0) is 20.5 Å². The van der Waals surface area contributed by atoms with Crippen LogP contribution in [0.15, 0.2) is 30.3 Å². The Morgan fingerprint density at radius 3 is 2.43 bits per heavy atom. The van der Waals surface area contributed by atoms with Crippen LogP contribution in [0.5, 0.6) is 0 Å². The van der Waals surface area contributed by atoms with Gasteiger partial charge in [-0.25, -0.2) is 0 Å². The predicted octanol–water partition coefficient (Wildman–Crippen LogP) is 1.76. The number of rotatable bonds is 5. The second kappa shape index (κ2) is 5.44. The molecular weight excluding hydrogens is 219 g/mol. The minimum absolute atomic E-state index is 0.0609. The van der Waals surface area contributed by atoms with E-state index in [0.717, 1.165) is 12.0 Å². The molecule has 0 aliphatic carbocycles. The minimum atomic E-state index is -3.33. The summed E-state index contributed by atoms with van der Waals surface area (Å²) in [6.07, 6.45) is 1.34. The summed E-state index contributed by atoms with van der Waals surface area (Å²) in [7, 11) is -1.57. The van der Waals surface area contributed by atoms with E-state index >= 15 is 0 Å². The Morgan fingerprint density at radius 1 is 1.21 bits per heavy atom. The molecule has 1 rings (SSSR count). The summed E-state index contributed by atoms with van der Waals surface area (Å²) in [4.78, 5) is 0. The van der Waals surface area contributed by atoms with Gasteiger partial charge in [0, 0.05) is 9.47 Å². The van der Waals surface area contributed by atoms with E-state index in [1.54, 1.807) is 9.47 Å². The zero-order chi connectivity index (χ0) is 10.4. The highest BCUT2D eigenvalue weighted by Gasteiger charge is 2.07. The molecule has 0 aliphatic heterocycles. The molecule has 3 nitrogen and oxygen atoms in total. The molecule has 0 saturated heterocycles. The molecule has 0 aliphatic rings. The zero-order valence-corrected chi connectivity index (χ0v) is 9.69. The number of hydrogen-bond acceptors (Lipinski definition) is 3. The predicted molar refractivity (Wildman–Crippen MR) is 59.3 cm³/mol. The molecule has 1 atom stereocenters. The van der Waals surface area contributed by atoms with Crippen molar-refractivity contribution < 1.29 is 12.4 Å². The van der Waals surface area contributed by atoms with Crippen LogP contribution in [0.4, 0.5) is 0 Å². The Labute approximate surface area is 86.9 Å². The molecule has 0 amide bonds. The van der Waals surface area contributed by atoms with E-state index in [2.05, 4.69) is 3.97 Å². The van der Waals surface area contributed by atoms with Crippen molar-refractivity contribution in [2.24, 2.45) is 0 Å². The Bertz CT molecular complexity index is 361. The first-order chi connectivity index (χ1) is 6.64. The summed E-state index contributed by atoms with van der Waals surface area (Å²) in [5.74, 6) is 0.0609. The molecule has 0 bridgehead atoms. The van der Waals surface area contributed by atoms with Crippen LogP contribution in [0, 0.1) is 0 Å². The summed E-state index contributed by atoms with van der Waals surface area (Å²) >= 11 is 0. The number of aryl methyl sites for hydroxylation is 1. The lowest BCUT2D eigenvalue weighted by Crippen LogP contribution is -2.05. The van der Waals surface area contributed by atoms with Crippen molar-refractivity contribution >= 4 is 19.6 Å². The third kappa shape index (κ3) is 4.18. The van der Waals surface area contributed by atoms with Crippen molar-refractivity contribution in [1.29, 1.82) is 0 Å². The van der Waals surface area contributed by atoms with Crippen molar-refractivity contribution in [3.05, 3.63) is 35.9 Å². The zero-order valence-electron chi connectivity index (χ0n) is 7.72. The fourth-order valence-electron chi connectivity index (χ4n) is 1.15. The van der Waals surface area contributed by atoms with Crippen LogP contribution >= 0.6 is 9.47 Å². The van der Waals surface area contributed by atoms with Gasteiger partial charge in [-0.2, -0.15) is 8.42 Å². The molecule has 5 heteroatoms. The monoisotopic (exact) mass is 232 g/mol. The Kier molecular flexibility index (Phi) is 4.52. The van der Waals surface area contributed by atoms with E-state index in [1.807, 2.05) is 30.3 Å². The van der Waals surface area contributed by atoms with E-state index in [4.69, 9.17) is 0 Å². The summed E-state index contributed by atoms with van der Waals surface area (Å²) in [6, 6.07) is 9.78. The molecule has 1 aromatic rings. The SMILES string of the molecule is O=S(=O)(CCCc1ccccc1)OP. The molecule has 1 unspecified atom stereocenters. The molecule has 0 saturated carbocycles. The highest BCUT2D eigenvalue weighted by molar-refractivity contribution is 7.88. The topological polar surface area (TPSA) is 43.4 Å². The molecular formula is C9H13O3PS.